The molecular weight excluding hydrogens is 150 g/mol. The molecule has 0 aromatic carbocycles. The first kappa shape index (κ1) is 7.40. The van der Waals surface area contributed by atoms with Gasteiger partial charge in [-0.2, -0.15) is 0 Å². The standard InChI is InChI=1S/C9H13N3/c1-6(2)8-4-10-9-7(3)11-5-12(8)9/h4-6,10H,1-3H3. The average molecular weight is 163 g/mol. The summed E-state index contributed by atoms with van der Waals surface area (Å²) in [5, 5.41) is 0. The molecule has 1 N–H and O–H groups in total. The molecule has 0 aliphatic heterocycles. The van der Waals surface area contributed by atoms with Crippen molar-refractivity contribution in [2.75, 3.05) is 0 Å². The molecule has 2 rings (SSSR count). The van der Waals surface area contributed by atoms with Crippen molar-refractivity contribution in [1.82, 2.24) is 14.4 Å². The molecule has 64 valence electrons. The molecular formula is C9H13N3. The fourth-order valence-corrected chi connectivity index (χ4v) is 1.46. The highest BCUT2D eigenvalue weighted by atomic mass is 15.1. The molecule has 0 fully saturated rings. The summed E-state index contributed by atoms with van der Waals surface area (Å²) in [6, 6.07) is 0. The minimum atomic E-state index is 0.535. The van der Waals surface area contributed by atoms with Crippen LogP contribution in [-0.4, -0.2) is 14.4 Å². The van der Waals surface area contributed by atoms with Gasteiger partial charge in [-0.3, -0.25) is 4.40 Å². The van der Waals surface area contributed by atoms with Gasteiger partial charge in [-0.05, 0) is 12.8 Å². The molecule has 0 unspecified atom stereocenters. The number of nitrogens with zero attached hydrogens (tertiary/aromatic N) is 2. The minimum absolute atomic E-state index is 0.535. The number of hydrogen-bond donors (Lipinski definition) is 1. The summed E-state index contributed by atoms with van der Waals surface area (Å²) in [6.07, 6.45) is 3.92. The molecule has 2 aromatic rings. The second-order valence-electron chi connectivity index (χ2n) is 3.42. The number of fused-ring (bicyclic) bond motifs is 1. The van der Waals surface area contributed by atoms with Crippen molar-refractivity contribution in [3.63, 3.8) is 0 Å². The van der Waals surface area contributed by atoms with E-state index in [4.69, 9.17) is 0 Å². The van der Waals surface area contributed by atoms with Crippen LogP contribution in [0.4, 0.5) is 0 Å². The quantitative estimate of drug-likeness (QED) is 0.686. The van der Waals surface area contributed by atoms with Gasteiger partial charge in [0.1, 0.15) is 12.0 Å². The third-order valence-corrected chi connectivity index (χ3v) is 2.18. The highest BCUT2D eigenvalue weighted by molar-refractivity contribution is 5.45. The van der Waals surface area contributed by atoms with E-state index in [1.165, 1.54) is 5.69 Å². The van der Waals surface area contributed by atoms with Gasteiger partial charge in [0.2, 0.25) is 0 Å². The van der Waals surface area contributed by atoms with Crippen molar-refractivity contribution in [2.45, 2.75) is 26.7 Å². The van der Waals surface area contributed by atoms with Crippen LogP contribution in [0.5, 0.6) is 0 Å². The smallest absolute Gasteiger partial charge is 0.137 e. The fourth-order valence-electron chi connectivity index (χ4n) is 1.46. The van der Waals surface area contributed by atoms with Gasteiger partial charge in [0.05, 0.1) is 5.69 Å². The molecule has 0 radical (unpaired) electrons. The molecule has 0 aliphatic rings. The predicted molar refractivity (Wildman–Crippen MR) is 48.4 cm³/mol. The number of aromatic amines is 1. The van der Waals surface area contributed by atoms with E-state index in [1.807, 2.05) is 13.3 Å². The lowest BCUT2D eigenvalue weighted by Crippen LogP contribution is -1.91. The molecule has 0 bridgehead atoms. The molecule has 2 heterocycles. The Bertz CT molecular complexity index is 395. The second-order valence-corrected chi connectivity index (χ2v) is 3.42. The molecule has 0 amide bonds. The zero-order chi connectivity index (χ0) is 8.72. The van der Waals surface area contributed by atoms with Crippen LogP contribution in [0.3, 0.4) is 0 Å². The van der Waals surface area contributed by atoms with Crippen molar-refractivity contribution in [2.24, 2.45) is 0 Å². The van der Waals surface area contributed by atoms with Gasteiger partial charge >= 0.3 is 0 Å². The van der Waals surface area contributed by atoms with E-state index >= 15 is 0 Å². The maximum atomic E-state index is 4.23. The Kier molecular flexibility index (Phi) is 1.46. The summed E-state index contributed by atoms with van der Waals surface area (Å²) in [4.78, 5) is 7.45. The van der Waals surface area contributed by atoms with E-state index in [2.05, 4.69) is 34.4 Å². The van der Waals surface area contributed by atoms with Crippen LogP contribution in [0.25, 0.3) is 5.65 Å². The lowest BCUT2D eigenvalue weighted by Gasteiger charge is -2.00. The number of H-pyrrole nitrogens is 1. The monoisotopic (exact) mass is 163 g/mol. The number of rotatable bonds is 1. The van der Waals surface area contributed by atoms with Gasteiger partial charge in [-0.1, -0.05) is 13.8 Å². The first-order valence-electron chi connectivity index (χ1n) is 4.21. The van der Waals surface area contributed by atoms with Crippen molar-refractivity contribution >= 4 is 5.65 Å². The minimum Gasteiger partial charge on any atom is -0.344 e. The first-order valence-corrected chi connectivity index (χ1v) is 4.21. The normalized spacial score (nSPS) is 11.7. The summed E-state index contributed by atoms with van der Waals surface area (Å²) in [5.74, 6) is 0.535. The maximum Gasteiger partial charge on any atom is 0.137 e. The van der Waals surface area contributed by atoms with E-state index in [0.717, 1.165) is 11.3 Å². The number of imidazole rings is 2. The lowest BCUT2D eigenvalue weighted by molar-refractivity contribution is 0.808. The molecule has 0 atom stereocenters. The second kappa shape index (κ2) is 2.37. The number of aryl methyl sites for hydroxylation is 1. The topological polar surface area (TPSA) is 33.1 Å². The Balaban J connectivity index is 2.71. The molecule has 3 nitrogen and oxygen atoms in total. The number of hydrogen-bond acceptors (Lipinski definition) is 1. The highest BCUT2D eigenvalue weighted by Crippen LogP contribution is 2.17. The Morgan fingerprint density at radius 3 is 2.92 bits per heavy atom. The lowest BCUT2D eigenvalue weighted by atomic mass is 10.1. The van der Waals surface area contributed by atoms with E-state index < -0.39 is 0 Å². The largest absolute Gasteiger partial charge is 0.344 e. The van der Waals surface area contributed by atoms with Crippen molar-refractivity contribution in [3.05, 3.63) is 23.9 Å². The predicted octanol–water partition coefficient (Wildman–Crippen LogP) is 2.09. The summed E-state index contributed by atoms with van der Waals surface area (Å²) < 4.78 is 2.11. The van der Waals surface area contributed by atoms with Crippen LogP contribution in [0.1, 0.15) is 31.2 Å². The summed E-state index contributed by atoms with van der Waals surface area (Å²) in [5.41, 5.74) is 3.45. The van der Waals surface area contributed by atoms with Crippen LogP contribution in [0.2, 0.25) is 0 Å². The maximum absolute atomic E-state index is 4.23. The van der Waals surface area contributed by atoms with Gasteiger partial charge in [-0.15, -0.1) is 0 Å². The van der Waals surface area contributed by atoms with Gasteiger partial charge in [-0.25, -0.2) is 4.98 Å². The molecule has 0 aliphatic carbocycles. The number of aromatic nitrogens is 3. The molecule has 0 saturated carbocycles. The molecule has 3 heteroatoms. The van der Waals surface area contributed by atoms with Crippen LogP contribution < -0.4 is 0 Å². The third kappa shape index (κ3) is 0.858. The van der Waals surface area contributed by atoms with Gasteiger partial charge in [0.25, 0.3) is 0 Å². The summed E-state index contributed by atoms with van der Waals surface area (Å²) in [7, 11) is 0. The average Bonchev–Trinajstić information content (AvgIpc) is 2.53. The Labute approximate surface area is 71.4 Å². The summed E-state index contributed by atoms with van der Waals surface area (Å²) >= 11 is 0. The van der Waals surface area contributed by atoms with Crippen LogP contribution in [0, 0.1) is 6.92 Å². The Morgan fingerprint density at radius 1 is 1.50 bits per heavy atom. The zero-order valence-electron chi connectivity index (χ0n) is 7.63. The molecule has 12 heavy (non-hydrogen) atoms. The van der Waals surface area contributed by atoms with E-state index in [-0.39, 0.29) is 0 Å². The number of nitrogens with one attached hydrogen (secondary N) is 1. The van der Waals surface area contributed by atoms with Crippen molar-refractivity contribution in [1.29, 1.82) is 0 Å². The van der Waals surface area contributed by atoms with E-state index in [9.17, 15) is 0 Å². The van der Waals surface area contributed by atoms with Crippen molar-refractivity contribution in [3.8, 4) is 0 Å². The Hall–Kier alpha value is -1.25. The van der Waals surface area contributed by atoms with Crippen LogP contribution in [-0.2, 0) is 0 Å². The van der Waals surface area contributed by atoms with Gasteiger partial charge in [0.15, 0.2) is 0 Å². The van der Waals surface area contributed by atoms with Gasteiger partial charge < -0.3 is 4.98 Å². The highest BCUT2D eigenvalue weighted by Gasteiger charge is 2.08. The molecule has 2 aromatic heterocycles. The van der Waals surface area contributed by atoms with Gasteiger partial charge in [0, 0.05) is 11.9 Å². The zero-order valence-corrected chi connectivity index (χ0v) is 7.63. The van der Waals surface area contributed by atoms with E-state index in [0.29, 0.717) is 5.92 Å². The fraction of sp³-hybridized carbons (Fsp3) is 0.444. The first-order chi connectivity index (χ1) is 5.70. The van der Waals surface area contributed by atoms with Crippen LogP contribution >= 0.6 is 0 Å². The van der Waals surface area contributed by atoms with Crippen molar-refractivity contribution < 1.29 is 0 Å². The summed E-state index contributed by atoms with van der Waals surface area (Å²) in [6.45, 7) is 6.37. The van der Waals surface area contributed by atoms with Crippen LogP contribution in [0.15, 0.2) is 12.5 Å². The molecule has 0 saturated heterocycles. The SMILES string of the molecule is Cc1ncn2c(C(C)C)c[nH]c12. The molecule has 0 spiro atoms. The Morgan fingerprint density at radius 2 is 2.25 bits per heavy atom. The van der Waals surface area contributed by atoms with E-state index in [1.54, 1.807) is 0 Å². The third-order valence-electron chi connectivity index (χ3n) is 2.18.